The summed E-state index contributed by atoms with van der Waals surface area (Å²) in [7, 11) is 0. The molecule has 3 aromatic rings. The van der Waals surface area contributed by atoms with Crippen LogP contribution in [0.4, 0.5) is 23.7 Å². The molecule has 1 aromatic heterocycles. The number of hydrogen-bond donors (Lipinski definition) is 1. The number of nitrogens with zero attached hydrogens (tertiary/aromatic N) is 2. The van der Waals surface area contributed by atoms with Crippen molar-refractivity contribution in [2.75, 3.05) is 11.9 Å². The number of hydrogen-bond acceptors (Lipinski definition) is 1. The maximum Gasteiger partial charge on any atom is 0.416 e. The molecule has 0 fully saturated rings. The van der Waals surface area contributed by atoms with Crippen LogP contribution >= 0.6 is 23.2 Å². The van der Waals surface area contributed by atoms with Crippen LogP contribution < -0.4 is 5.32 Å². The number of aromatic nitrogens is 1. The van der Waals surface area contributed by atoms with Gasteiger partial charge in [-0.25, -0.2) is 4.79 Å². The van der Waals surface area contributed by atoms with Crippen LogP contribution in [0.1, 0.15) is 36.6 Å². The van der Waals surface area contributed by atoms with Crippen LogP contribution in [-0.2, 0) is 19.3 Å². The number of halogens is 5. The number of benzene rings is 2. The molecule has 2 amide bonds. The van der Waals surface area contributed by atoms with E-state index in [-0.39, 0.29) is 19.1 Å². The van der Waals surface area contributed by atoms with Gasteiger partial charge in [0.05, 0.1) is 27.8 Å². The van der Waals surface area contributed by atoms with Gasteiger partial charge in [0, 0.05) is 25.0 Å². The summed E-state index contributed by atoms with van der Waals surface area (Å²) in [5.74, 6) is 0. The molecule has 3 rings (SSSR count). The van der Waals surface area contributed by atoms with Gasteiger partial charge in [-0.1, -0.05) is 54.7 Å². The smallest absolute Gasteiger partial charge is 0.345 e. The summed E-state index contributed by atoms with van der Waals surface area (Å²) >= 11 is 12.4. The van der Waals surface area contributed by atoms with Crippen LogP contribution in [0.3, 0.4) is 0 Å². The van der Waals surface area contributed by atoms with Gasteiger partial charge in [-0.05, 0) is 48.4 Å². The maximum absolute atomic E-state index is 13.1. The summed E-state index contributed by atoms with van der Waals surface area (Å²) in [5.41, 5.74) is 0.972. The monoisotopic (exact) mass is 497 g/mol. The minimum Gasteiger partial charge on any atom is -0.345 e. The summed E-state index contributed by atoms with van der Waals surface area (Å²) in [6, 6.07) is 13.5. The molecule has 0 spiro atoms. The molecule has 0 bridgehead atoms. The lowest BCUT2D eigenvalue weighted by molar-refractivity contribution is -0.137. The van der Waals surface area contributed by atoms with Crippen molar-refractivity contribution in [3.8, 4) is 0 Å². The SMILES string of the molecule is CCCCN(Cc1cccn1Cc1cccc(C(F)(F)F)c1)C(=O)Nc1c(Cl)cccc1Cl. The number of anilines is 1. The molecule has 0 saturated heterocycles. The van der Waals surface area contributed by atoms with Crippen LogP contribution in [0.15, 0.2) is 60.8 Å². The molecule has 4 nitrogen and oxygen atoms in total. The standard InChI is InChI=1S/C24H24Cl2F3N3O/c1-2-3-12-32(23(33)30-22-20(25)10-5-11-21(22)26)16-19-9-6-13-31(19)15-17-7-4-8-18(14-17)24(27,28)29/h4-11,13-14H,2-3,12,15-16H2,1H3,(H,30,33). The molecule has 0 aliphatic carbocycles. The molecular weight excluding hydrogens is 474 g/mol. The Morgan fingerprint density at radius 1 is 1.06 bits per heavy atom. The van der Waals surface area contributed by atoms with E-state index in [0.717, 1.165) is 30.7 Å². The molecule has 0 aliphatic heterocycles. The number of carbonyl (C=O) groups excluding carboxylic acids is 1. The first-order chi connectivity index (χ1) is 15.7. The fourth-order valence-electron chi connectivity index (χ4n) is 3.39. The van der Waals surface area contributed by atoms with Gasteiger partial charge in [0.2, 0.25) is 0 Å². The second kappa shape index (κ2) is 11.0. The Bertz CT molecular complexity index is 1080. The molecule has 0 radical (unpaired) electrons. The van der Waals surface area contributed by atoms with Gasteiger partial charge in [0.15, 0.2) is 0 Å². The average molecular weight is 498 g/mol. The number of carbonyl (C=O) groups is 1. The Morgan fingerprint density at radius 3 is 2.42 bits per heavy atom. The highest BCUT2D eigenvalue weighted by Crippen LogP contribution is 2.31. The van der Waals surface area contributed by atoms with Gasteiger partial charge in [0.25, 0.3) is 0 Å². The first-order valence-electron chi connectivity index (χ1n) is 10.5. The average Bonchev–Trinajstić information content (AvgIpc) is 3.19. The lowest BCUT2D eigenvalue weighted by atomic mass is 10.1. The zero-order chi connectivity index (χ0) is 24.0. The van der Waals surface area contributed by atoms with Crippen molar-refractivity contribution < 1.29 is 18.0 Å². The molecule has 0 atom stereocenters. The number of nitrogens with one attached hydrogen (secondary N) is 1. The highest BCUT2D eigenvalue weighted by Gasteiger charge is 2.30. The molecule has 0 unspecified atom stereocenters. The number of alkyl halides is 3. The molecule has 0 aliphatic rings. The topological polar surface area (TPSA) is 37.3 Å². The van der Waals surface area contributed by atoms with E-state index in [4.69, 9.17) is 23.2 Å². The second-order valence-electron chi connectivity index (χ2n) is 7.63. The summed E-state index contributed by atoms with van der Waals surface area (Å²) in [4.78, 5) is 14.7. The Labute approximate surface area is 200 Å². The van der Waals surface area contributed by atoms with E-state index in [1.807, 2.05) is 23.6 Å². The third-order valence-electron chi connectivity index (χ3n) is 5.15. The molecule has 1 heterocycles. The van der Waals surface area contributed by atoms with Crippen LogP contribution in [0.5, 0.6) is 0 Å². The molecular formula is C24H24Cl2F3N3O. The minimum atomic E-state index is -4.40. The van der Waals surface area contributed by atoms with E-state index < -0.39 is 11.7 Å². The summed E-state index contributed by atoms with van der Waals surface area (Å²) in [6.45, 7) is 3.06. The predicted molar refractivity (Wildman–Crippen MR) is 126 cm³/mol. The Morgan fingerprint density at radius 2 is 1.76 bits per heavy atom. The molecule has 9 heteroatoms. The number of urea groups is 1. The first-order valence-corrected chi connectivity index (χ1v) is 11.2. The van der Waals surface area contributed by atoms with Crippen molar-refractivity contribution in [3.05, 3.63) is 87.7 Å². The Hall–Kier alpha value is -2.64. The largest absolute Gasteiger partial charge is 0.416 e. The summed E-state index contributed by atoms with van der Waals surface area (Å²) < 4.78 is 41.0. The van der Waals surface area contributed by atoms with Crippen molar-refractivity contribution in [2.45, 2.75) is 39.0 Å². The summed E-state index contributed by atoms with van der Waals surface area (Å²) in [5, 5.41) is 3.45. The quantitative estimate of drug-likeness (QED) is 0.340. The highest BCUT2D eigenvalue weighted by atomic mass is 35.5. The zero-order valence-electron chi connectivity index (χ0n) is 18.0. The van der Waals surface area contributed by atoms with Gasteiger partial charge in [-0.15, -0.1) is 0 Å². The molecule has 2 aromatic carbocycles. The fraction of sp³-hybridized carbons (Fsp3) is 0.292. The van der Waals surface area contributed by atoms with E-state index in [2.05, 4.69) is 5.32 Å². The van der Waals surface area contributed by atoms with Gasteiger partial charge >= 0.3 is 12.2 Å². The van der Waals surface area contributed by atoms with E-state index in [1.165, 1.54) is 6.07 Å². The molecule has 1 N–H and O–H groups in total. The lowest BCUT2D eigenvalue weighted by Crippen LogP contribution is -2.36. The van der Waals surface area contributed by atoms with Crippen molar-refractivity contribution in [3.63, 3.8) is 0 Å². The molecule has 0 saturated carbocycles. The lowest BCUT2D eigenvalue weighted by Gasteiger charge is -2.24. The highest BCUT2D eigenvalue weighted by molar-refractivity contribution is 6.39. The normalized spacial score (nSPS) is 11.5. The van der Waals surface area contributed by atoms with E-state index in [0.29, 0.717) is 27.8 Å². The van der Waals surface area contributed by atoms with Crippen molar-refractivity contribution in [1.82, 2.24) is 9.47 Å². The Balaban J connectivity index is 1.78. The molecule has 33 heavy (non-hydrogen) atoms. The van der Waals surface area contributed by atoms with Crippen LogP contribution in [0.25, 0.3) is 0 Å². The summed E-state index contributed by atoms with van der Waals surface area (Å²) in [6.07, 6.45) is -0.930. The first kappa shape index (κ1) is 25.0. The number of amides is 2. The van der Waals surface area contributed by atoms with Crippen LogP contribution in [0, 0.1) is 0 Å². The van der Waals surface area contributed by atoms with Gasteiger partial charge in [0.1, 0.15) is 0 Å². The number of para-hydroxylation sites is 1. The van der Waals surface area contributed by atoms with Crippen LogP contribution in [-0.4, -0.2) is 22.0 Å². The second-order valence-corrected chi connectivity index (χ2v) is 8.44. The predicted octanol–water partition coefficient (Wildman–Crippen LogP) is 7.70. The fourth-order valence-corrected chi connectivity index (χ4v) is 3.88. The van der Waals surface area contributed by atoms with E-state index in [1.54, 1.807) is 35.4 Å². The van der Waals surface area contributed by atoms with Crippen molar-refractivity contribution in [1.29, 1.82) is 0 Å². The number of unbranched alkanes of at least 4 members (excludes halogenated alkanes) is 1. The van der Waals surface area contributed by atoms with Crippen molar-refractivity contribution >= 4 is 34.9 Å². The third-order valence-corrected chi connectivity index (χ3v) is 5.78. The zero-order valence-corrected chi connectivity index (χ0v) is 19.5. The number of rotatable bonds is 8. The Kier molecular flexibility index (Phi) is 8.32. The third kappa shape index (κ3) is 6.68. The minimum absolute atomic E-state index is 0.256. The molecule has 176 valence electrons. The van der Waals surface area contributed by atoms with Crippen LogP contribution in [0.2, 0.25) is 10.0 Å². The maximum atomic E-state index is 13.1. The van der Waals surface area contributed by atoms with E-state index in [9.17, 15) is 18.0 Å². The van der Waals surface area contributed by atoms with Gasteiger partial charge < -0.3 is 14.8 Å². The van der Waals surface area contributed by atoms with Gasteiger partial charge in [-0.3, -0.25) is 0 Å². The van der Waals surface area contributed by atoms with Gasteiger partial charge in [-0.2, -0.15) is 13.2 Å². The van der Waals surface area contributed by atoms with Crippen molar-refractivity contribution in [2.24, 2.45) is 0 Å². The van der Waals surface area contributed by atoms with E-state index >= 15 is 0 Å².